The first-order valence-electron chi connectivity index (χ1n) is 11.6. The Bertz CT molecular complexity index is 1710. The van der Waals surface area contributed by atoms with Gasteiger partial charge in [-0.2, -0.15) is 0 Å². The van der Waals surface area contributed by atoms with Crippen molar-refractivity contribution >= 4 is 46.6 Å². The lowest BCUT2D eigenvalue weighted by Crippen LogP contribution is -2.40. The molecule has 0 aliphatic carbocycles. The molecule has 0 spiro atoms. The van der Waals surface area contributed by atoms with Gasteiger partial charge in [0.05, 0.1) is 21.9 Å². The van der Waals surface area contributed by atoms with Crippen molar-refractivity contribution in [2.45, 2.75) is 32.9 Å². The largest absolute Gasteiger partial charge is 0.459 e. The van der Waals surface area contributed by atoms with Gasteiger partial charge in [-0.25, -0.2) is 9.79 Å². The van der Waals surface area contributed by atoms with Crippen molar-refractivity contribution in [1.29, 1.82) is 0 Å². The van der Waals surface area contributed by atoms with Crippen LogP contribution >= 0.6 is 34.5 Å². The van der Waals surface area contributed by atoms with Gasteiger partial charge in [0.1, 0.15) is 17.6 Å². The number of halogens is 2. The fourth-order valence-electron chi connectivity index (χ4n) is 4.18. The molecule has 0 saturated heterocycles. The van der Waals surface area contributed by atoms with Crippen molar-refractivity contribution in [1.82, 2.24) is 4.57 Å². The molecular formula is C28H22Cl2N2O4S. The molecule has 0 radical (unpaired) electrons. The number of nitrogens with zero attached hydrogens (tertiary/aromatic N) is 2. The van der Waals surface area contributed by atoms with E-state index in [0.717, 1.165) is 5.56 Å². The molecule has 188 valence electrons. The number of carbonyl (C=O) groups excluding carboxylic acids is 1. The number of fused-ring (bicyclic) bond motifs is 1. The Hall–Kier alpha value is -3.39. The van der Waals surface area contributed by atoms with E-state index in [0.29, 0.717) is 42.2 Å². The summed E-state index contributed by atoms with van der Waals surface area (Å²) in [5.74, 6) is 0.632. The molecule has 9 heteroatoms. The molecule has 37 heavy (non-hydrogen) atoms. The Morgan fingerprint density at radius 3 is 2.54 bits per heavy atom. The zero-order chi connectivity index (χ0) is 26.3. The van der Waals surface area contributed by atoms with Crippen LogP contribution in [0.3, 0.4) is 0 Å². The number of aromatic nitrogens is 1. The molecule has 0 saturated carbocycles. The molecule has 0 fully saturated rings. The molecule has 4 aromatic rings. The van der Waals surface area contributed by atoms with Crippen molar-refractivity contribution in [3.8, 4) is 11.3 Å². The number of esters is 1. The third kappa shape index (κ3) is 4.94. The molecule has 2 aromatic heterocycles. The fraction of sp³-hybridized carbons (Fsp3) is 0.179. The van der Waals surface area contributed by atoms with Gasteiger partial charge in [0.25, 0.3) is 5.56 Å². The highest BCUT2D eigenvalue weighted by atomic mass is 35.5. The number of hydrogen-bond acceptors (Lipinski definition) is 6. The van der Waals surface area contributed by atoms with E-state index in [1.807, 2.05) is 24.3 Å². The van der Waals surface area contributed by atoms with Gasteiger partial charge in [0.2, 0.25) is 0 Å². The summed E-state index contributed by atoms with van der Waals surface area (Å²) in [6.07, 6.45) is 1.34. The summed E-state index contributed by atoms with van der Waals surface area (Å²) < 4.78 is 13.4. The van der Waals surface area contributed by atoms with Gasteiger partial charge in [-0.3, -0.25) is 9.36 Å². The molecule has 6 nitrogen and oxygen atoms in total. The van der Waals surface area contributed by atoms with E-state index in [4.69, 9.17) is 32.4 Å². The lowest BCUT2D eigenvalue weighted by atomic mass is 9.96. The van der Waals surface area contributed by atoms with Crippen LogP contribution in [-0.4, -0.2) is 16.6 Å². The summed E-state index contributed by atoms with van der Waals surface area (Å²) >= 11 is 13.8. The summed E-state index contributed by atoms with van der Waals surface area (Å²) in [5, 5.41) is 1.07. The molecule has 1 aliphatic heterocycles. The third-order valence-electron chi connectivity index (χ3n) is 5.81. The van der Waals surface area contributed by atoms with E-state index >= 15 is 0 Å². The maximum Gasteiger partial charge on any atom is 0.338 e. The van der Waals surface area contributed by atoms with Crippen LogP contribution in [-0.2, 0) is 9.53 Å². The maximum absolute atomic E-state index is 13.7. The summed E-state index contributed by atoms with van der Waals surface area (Å²) in [4.78, 5) is 32.0. The zero-order valence-corrected chi connectivity index (χ0v) is 22.5. The van der Waals surface area contributed by atoms with Crippen molar-refractivity contribution in [3.05, 3.63) is 113 Å². The molecular weight excluding hydrogens is 531 g/mol. The highest BCUT2D eigenvalue weighted by molar-refractivity contribution is 7.07. The quantitative estimate of drug-likeness (QED) is 0.295. The van der Waals surface area contributed by atoms with Gasteiger partial charge in [-0.15, -0.1) is 0 Å². The molecule has 2 aromatic carbocycles. The van der Waals surface area contributed by atoms with Crippen LogP contribution in [0.1, 0.15) is 38.1 Å². The monoisotopic (exact) mass is 552 g/mol. The number of benzene rings is 2. The number of rotatable bonds is 5. The number of allylic oxidation sites excluding steroid dienone is 1. The Labute approximate surface area is 226 Å². The fourth-order valence-corrected chi connectivity index (χ4v) is 5.57. The van der Waals surface area contributed by atoms with Gasteiger partial charge >= 0.3 is 5.97 Å². The Kier molecular flexibility index (Phi) is 6.94. The Morgan fingerprint density at radius 1 is 1.11 bits per heavy atom. The average Bonchev–Trinajstić information content (AvgIpc) is 3.43. The number of ether oxygens (including phenoxy) is 1. The van der Waals surface area contributed by atoms with Crippen LogP contribution in [0.5, 0.6) is 0 Å². The van der Waals surface area contributed by atoms with E-state index in [2.05, 4.69) is 4.99 Å². The summed E-state index contributed by atoms with van der Waals surface area (Å²) in [7, 11) is 0. The number of thiazole rings is 1. The van der Waals surface area contributed by atoms with Gasteiger partial charge < -0.3 is 9.15 Å². The Balaban J connectivity index is 1.64. The van der Waals surface area contributed by atoms with Crippen LogP contribution in [0.2, 0.25) is 10.0 Å². The molecule has 1 aliphatic rings. The van der Waals surface area contributed by atoms with E-state index in [1.54, 1.807) is 63.2 Å². The van der Waals surface area contributed by atoms with E-state index in [9.17, 15) is 9.59 Å². The average molecular weight is 553 g/mol. The first kappa shape index (κ1) is 25.3. The van der Waals surface area contributed by atoms with Crippen molar-refractivity contribution < 1.29 is 13.9 Å². The number of carbonyl (C=O) groups is 1. The minimum Gasteiger partial charge on any atom is -0.459 e. The summed E-state index contributed by atoms with van der Waals surface area (Å²) in [5.41, 5.74) is 1.94. The predicted octanol–water partition coefficient (Wildman–Crippen LogP) is 5.75. The predicted molar refractivity (Wildman–Crippen MR) is 146 cm³/mol. The van der Waals surface area contributed by atoms with Crippen LogP contribution in [0.25, 0.3) is 17.4 Å². The minimum atomic E-state index is -0.778. The zero-order valence-electron chi connectivity index (χ0n) is 20.2. The molecule has 0 N–H and O–H groups in total. The van der Waals surface area contributed by atoms with E-state index in [1.165, 1.54) is 15.9 Å². The molecule has 3 heterocycles. The minimum absolute atomic E-state index is 0.281. The van der Waals surface area contributed by atoms with Crippen LogP contribution < -0.4 is 14.9 Å². The van der Waals surface area contributed by atoms with Crippen molar-refractivity contribution in [3.63, 3.8) is 0 Å². The highest BCUT2D eigenvalue weighted by Gasteiger charge is 2.34. The van der Waals surface area contributed by atoms with Gasteiger partial charge in [0, 0.05) is 21.7 Å². The highest BCUT2D eigenvalue weighted by Crippen LogP contribution is 2.34. The van der Waals surface area contributed by atoms with Gasteiger partial charge in [-0.1, -0.05) is 52.7 Å². The lowest BCUT2D eigenvalue weighted by molar-refractivity contribution is -0.143. The topological polar surface area (TPSA) is 73.8 Å². The second kappa shape index (κ2) is 10.2. The first-order valence-corrected chi connectivity index (χ1v) is 13.1. The SMILES string of the molecule is CC1=C(C(=O)OC(C)C)C(c2ccccc2Cl)n2c(sc(=Cc3ccc(-c4ccc(Cl)cc4)o3)c2=O)=N1. The van der Waals surface area contributed by atoms with Crippen LogP contribution in [0.4, 0.5) is 0 Å². The lowest BCUT2D eigenvalue weighted by Gasteiger charge is -2.26. The second-order valence-electron chi connectivity index (χ2n) is 8.77. The standard InChI is InChI=1S/C28H22Cl2N2O4S/c1-15(2)35-27(34)24-16(3)31-28-32(25(24)20-6-4-5-7-21(20)30)26(33)23(37-28)14-19-12-13-22(36-19)17-8-10-18(29)11-9-17/h4-15,25H,1-3H3. The number of furan rings is 1. The molecule has 0 bridgehead atoms. The van der Waals surface area contributed by atoms with Gasteiger partial charge in [-0.05, 0) is 68.8 Å². The van der Waals surface area contributed by atoms with Crippen LogP contribution in [0.15, 0.2) is 86.1 Å². The van der Waals surface area contributed by atoms with E-state index in [-0.39, 0.29) is 17.2 Å². The normalized spacial score (nSPS) is 15.6. The summed E-state index contributed by atoms with van der Waals surface area (Å²) in [6.45, 7) is 5.28. The molecule has 1 atom stereocenters. The first-order chi connectivity index (χ1) is 17.7. The maximum atomic E-state index is 13.7. The molecule has 0 amide bonds. The van der Waals surface area contributed by atoms with Crippen molar-refractivity contribution in [2.75, 3.05) is 0 Å². The molecule has 1 unspecified atom stereocenters. The number of hydrogen-bond donors (Lipinski definition) is 0. The third-order valence-corrected chi connectivity index (χ3v) is 7.39. The van der Waals surface area contributed by atoms with E-state index < -0.39 is 12.0 Å². The Morgan fingerprint density at radius 2 is 1.84 bits per heavy atom. The summed E-state index contributed by atoms with van der Waals surface area (Å²) in [6, 6.07) is 17.3. The van der Waals surface area contributed by atoms with Crippen LogP contribution in [0, 0.1) is 0 Å². The second-order valence-corrected chi connectivity index (χ2v) is 10.6. The smallest absolute Gasteiger partial charge is 0.338 e. The van der Waals surface area contributed by atoms with Crippen molar-refractivity contribution in [2.24, 2.45) is 4.99 Å². The molecule has 5 rings (SSSR count). The van der Waals surface area contributed by atoms with Gasteiger partial charge in [0.15, 0.2) is 4.80 Å².